The molecule has 1 aromatic carbocycles. The zero-order valence-electron chi connectivity index (χ0n) is 10.8. The van der Waals surface area contributed by atoms with E-state index in [-0.39, 0.29) is 33.8 Å². The first kappa shape index (κ1) is 17.4. The summed E-state index contributed by atoms with van der Waals surface area (Å²) in [6.45, 7) is 4.70. The molecule has 0 aromatic heterocycles. The Morgan fingerprint density at radius 2 is 1.61 bits per heavy atom. The van der Waals surface area contributed by atoms with E-state index in [1.807, 2.05) is 0 Å². The van der Waals surface area contributed by atoms with Gasteiger partial charge in [0.2, 0.25) is 0 Å². The van der Waals surface area contributed by atoms with Crippen molar-refractivity contribution in [3.8, 4) is 0 Å². The van der Waals surface area contributed by atoms with Crippen LogP contribution in [-0.4, -0.2) is 56.0 Å². The van der Waals surface area contributed by atoms with E-state index < -0.39 is 18.4 Å². The second-order valence-electron chi connectivity index (χ2n) is 4.38. The minimum atomic E-state index is -1.31. The molecule has 0 aliphatic heterocycles. The van der Waals surface area contributed by atoms with Crippen molar-refractivity contribution >= 4 is 45.8 Å². The summed E-state index contributed by atoms with van der Waals surface area (Å²) in [5.41, 5.74) is 1.54. The van der Waals surface area contributed by atoms with Gasteiger partial charge in [-0.15, -0.1) is 0 Å². The van der Waals surface area contributed by atoms with Gasteiger partial charge in [-0.05, 0) is 0 Å². The van der Waals surface area contributed by atoms with Crippen LogP contribution in [0.4, 0.5) is 0 Å². The normalized spacial score (nSPS) is 9.06. The van der Waals surface area contributed by atoms with Gasteiger partial charge in [0.25, 0.3) is 0 Å². The smallest absolute Gasteiger partial charge is 0.314 e. The summed E-state index contributed by atoms with van der Waals surface area (Å²) in [4.78, 5) is 18.9. The number of benzene rings is 1. The van der Waals surface area contributed by atoms with Crippen molar-refractivity contribution in [2.75, 3.05) is 0 Å². The average molecular weight is 278 g/mol. The third kappa shape index (κ3) is 11.9. The van der Waals surface area contributed by atoms with Crippen LogP contribution in [0.25, 0.3) is 0 Å². The van der Waals surface area contributed by atoms with E-state index in [1.165, 1.54) is 2.52 Å². The van der Waals surface area contributed by atoms with Crippen LogP contribution < -0.4 is 0 Å². The van der Waals surface area contributed by atoms with Gasteiger partial charge in [-0.25, -0.2) is 0 Å². The van der Waals surface area contributed by atoms with Crippen molar-refractivity contribution in [3.63, 3.8) is 0 Å². The molecule has 2 N–H and O–H groups in total. The number of hydrogen-bond acceptors (Lipinski definition) is 2. The minimum Gasteiger partial charge on any atom is -0.481 e. The van der Waals surface area contributed by atoms with E-state index in [0.717, 1.165) is 2.01 Å². The molecule has 0 radical (unpaired) electrons. The minimum absolute atomic E-state index is 0.254. The van der Waals surface area contributed by atoms with Crippen molar-refractivity contribution in [2.45, 2.75) is 24.8 Å². The molecular formula is C13H18CaO4. The maximum absolute atomic E-state index is 9.43. The van der Waals surface area contributed by atoms with Gasteiger partial charge in [-0.1, -0.05) is 0 Å². The predicted octanol–water partition coefficient (Wildman–Crippen LogP) is 2.26. The maximum atomic E-state index is 9.43. The summed E-state index contributed by atoms with van der Waals surface area (Å²) in [7, 11) is 0. The molecular weight excluding hydrogens is 260 g/mol. The van der Waals surface area contributed by atoms with Crippen LogP contribution in [0, 0.1) is 0 Å². The molecule has 0 unspecified atom stereocenters. The average Bonchev–Trinajstić information content (AvgIpc) is 2.26. The Morgan fingerprint density at radius 1 is 1.11 bits per heavy atom. The van der Waals surface area contributed by atoms with E-state index in [1.54, 1.807) is 5.56 Å². The first-order chi connectivity index (χ1) is 8.41. The van der Waals surface area contributed by atoms with Crippen LogP contribution in [-0.2, 0) is 12.1 Å². The second kappa shape index (κ2) is 10.4. The van der Waals surface area contributed by atoms with Crippen LogP contribution in [0.3, 0.4) is 0 Å². The molecule has 96 valence electrons. The summed E-state index contributed by atoms with van der Waals surface area (Å²) in [6, 6.07) is 10.9. The summed E-state index contributed by atoms with van der Waals surface area (Å²) in [5, 5.41) is 15.4. The predicted molar refractivity (Wildman–Crippen MR) is 70.9 cm³/mol. The standard InChI is InChI=1S/C7H7.C3H4O4.C3H7.Ca/c1-7-5-3-2-4-6-7;4-2(5)1-3(6)7;1-3-2;/h2-6H,1H2;1H2,(H,4,5)(H,6,7);3H,1-2H3;. The molecule has 0 saturated heterocycles. The molecule has 18 heavy (non-hydrogen) atoms. The number of carboxylic acid groups (broad SMARTS) is 2. The number of hydrogen-bond donors (Lipinski definition) is 2. The van der Waals surface area contributed by atoms with Gasteiger partial charge in [0.05, 0.1) is 0 Å². The number of aliphatic carboxylic acids is 2. The molecule has 0 aliphatic rings. The van der Waals surface area contributed by atoms with Gasteiger partial charge in [0.1, 0.15) is 6.42 Å². The third-order valence-corrected chi connectivity index (χ3v) is 5.31. The molecule has 1 rings (SSSR count). The molecule has 0 fully saturated rings. The topological polar surface area (TPSA) is 74.6 Å². The Kier molecular flexibility index (Phi) is 10.0. The van der Waals surface area contributed by atoms with E-state index in [0.29, 0.717) is 0 Å². The molecule has 0 heterocycles. The maximum Gasteiger partial charge on any atom is 0.314 e. The molecule has 0 atom stereocenters. The molecule has 0 amide bonds. The van der Waals surface area contributed by atoms with E-state index >= 15 is 0 Å². The summed E-state index contributed by atoms with van der Waals surface area (Å²) < 4.78 is 2.41. The van der Waals surface area contributed by atoms with E-state index in [2.05, 4.69) is 44.2 Å². The monoisotopic (exact) mass is 278 g/mol. The molecule has 0 saturated carbocycles. The summed E-state index contributed by atoms with van der Waals surface area (Å²) in [6.07, 6.45) is -0.806. The SMILES string of the molecule is C[CH](C)[Ca][CH2]c1ccccc1.O=C(O)CC(=O)O. The van der Waals surface area contributed by atoms with E-state index in [9.17, 15) is 9.59 Å². The summed E-state index contributed by atoms with van der Waals surface area (Å²) in [5.74, 6) is -2.62. The molecule has 0 aliphatic carbocycles. The number of rotatable bonds is 5. The van der Waals surface area contributed by atoms with Crippen LogP contribution in [0.1, 0.15) is 25.8 Å². The largest absolute Gasteiger partial charge is 0.481 e. The molecule has 1 aromatic rings. The second-order valence-corrected chi connectivity index (χ2v) is 8.61. The van der Waals surface area contributed by atoms with Crippen LogP contribution in [0.2, 0.25) is 2.01 Å². The molecule has 0 spiro atoms. The van der Waals surface area contributed by atoms with Gasteiger partial charge in [-0.3, -0.25) is 9.59 Å². The first-order valence-corrected chi connectivity index (χ1v) is 8.73. The van der Waals surface area contributed by atoms with Crippen molar-refractivity contribution in [2.24, 2.45) is 0 Å². The zero-order chi connectivity index (χ0) is 14.0. The van der Waals surface area contributed by atoms with Crippen molar-refractivity contribution in [1.82, 2.24) is 0 Å². The Hall–Kier alpha value is -0.580. The number of carbonyl (C=O) groups is 2. The van der Waals surface area contributed by atoms with Gasteiger partial charge in [-0.2, -0.15) is 0 Å². The Bertz CT molecular complexity index is 351. The van der Waals surface area contributed by atoms with Crippen LogP contribution in [0.15, 0.2) is 30.3 Å². The Morgan fingerprint density at radius 3 is 1.94 bits per heavy atom. The third-order valence-electron chi connectivity index (χ3n) is 2.16. The fourth-order valence-electron chi connectivity index (χ4n) is 1.23. The van der Waals surface area contributed by atoms with E-state index in [4.69, 9.17) is 10.2 Å². The fourth-order valence-corrected chi connectivity index (χ4v) is 3.17. The van der Waals surface area contributed by atoms with Crippen LogP contribution >= 0.6 is 0 Å². The quantitative estimate of drug-likeness (QED) is 0.640. The van der Waals surface area contributed by atoms with Crippen LogP contribution in [0.5, 0.6) is 0 Å². The first-order valence-electron chi connectivity index (χ1n) is 5.89. The Balaban J connectivity index is 0.000000360. The van der Waals surface area contributed by atoms with Gasteiger partial charge >= 0.3 is 100 Å². The van der Waals surface area contributed by atoms with Crippen molar-refractivity contribution < 1.29 is 19.8 Å². The molecule has 4 nitrogen and oxygen atoms in total. The molecule has 5 heteroatoms. The van der Waals surface area contributed by atoms with Gasteiger partial charge < -0.3 is 10.2 Å². The Labute approximate surface area is 125 Å². The van der Waals surface area contributed by atoms with Crippen molar-refractivity contribution in [3.05, 3.63) is 35.9 Å². The van der Waals surface area contributed by atoms with Crippen molar-refractivity contribution in [1.29, 1.82) is 0 Å². The van der Waals surface area contributed by atoms with Gasteiger partial charge in [0, 0.05) is 0 Å². The number of carboxylic acids is 2. The zero-order valence-corrected chi connectivity index (χ0v) is 13.0. The fraction of sp³-hybridized carbons (Fsp3) is 0.385. The summed E-state index contributed by atoms with van der Waals surface area (Å²) >= 11 is -0.254. The molecule has 0 bridgehead atoms. The van der Waals surface area contributed by atoms with Gasteiger partial charge in [0.15, 0.2) is 0 Å².